The summed E-state index contributed by atoms with van der Waals surface area (Å²) < 4.78 is 0. The van der Waals surface area contributed by atoms with Crippen LogP contribution in [0.2, 0.25) is 0 Å². The number of nitrogens with zero attached hydrogens (tertiary/aromatic N) is 4. The Bertz CT molecular complexity index is 2110. The molecule has 22 nitrogen and oxygen atoms in total. The molecule has 0 aliphatic rings. The Balaban J connectivity index is 0. The number of aromatic nitrogens is 4. The van der Waals surface area contributed by atoms with Crippen molar-refractivity contribution in [3.63, 3.8) is 0 Å². The number of anilines is 4. The van der Waals surface area contributed by atoms with E-state index >= 15 is 0 Å². The van der Waals surface area contributed by atoms with Crippen LogP contribution < -0.4 is 41.7 Å². The first kappa shape index (κ1) is 57.9. The van der Waals surface area contributed by atoms with Crippen LogP contribution in [-0.2, 0) is 72.5 Å². The minimum absolute atomic E-state index is 0. The van der Waals surface area contributed by atoms with Gasteiger partial charge in [0.25, 0.3) is 23.6 Å². The van der Waals surface area contributed by atoms with Crippen molar-refractivity contribution >= 4 is 70.3 Å². The van der Waals surface area contributed by atoms with E-state index in [4.69, 9.17) is 0 Å². The van der Waals surface area contributed by atoms with Gasteiger partial charge < -0.3 is 71.8 Å². The molecule has 338 valence electrons. The zero-order valence-electron chi connectivity index (χ0n) is 32.1. The molecule has 0 atom stereocenters. The number of rotatable bonds is 6. The Kier molecular flexibility index (Phi) is 27.8. The van der Waals surface area contributed by atoms with Crippen LogP contribution in [0.15, 0.2) is 146 Å². The second-order valence-corrected chi connectivity index (χ2v) is 11.0. The molecule has 24 heteroatoms. The number of carboxylic acids is 4. The summed E-state index contributed by atoms with van der Waals surface area (Å²) in [4.78, 5) is 101. The Morgan fingerprint density at radius 1 is 0.328 bits per heavy atom. The Hall–Kier alpha value is -8.24. The largest absolute Gasteiger partial charge is 2.00 e. The topological polar surface area (TPSA) is 391 Å². The van der Waals surface area contributed by atoms with Gasteiger partial charge in [-0.15, -0.1) is 0 Å². The van der Waals surface area contributed by atoms with Gasteiger partial charge in [0.15, 0.2) is 0 Å². The summed E-state index contributed by atoms with van der Waals surface area (Å²) in [5, 5.41) is 48.6. The molecule has 6 rings (SSSR count). The van der Waals surface area contributed by atoms with Crippen LogP contribution in [0.4, 0.5) is 22.7 Å². The first-order valence-corrected chi connectivity index (χ1v) is 16.7. The summed E-state index contributed by atoms with van der Waals surface area (Å²) >= 11 is 0. The molecule has 0 spiro atoms. The van der Waals surface area contributed by atoms with Gasteiger partial charge in [-0.2, -0.15) is 0 Å². The molecular weight excluding hydrogens is 944 g/mol. The van der Waals surface area contributed by atoms with Crippen LogP contribution in [0, 0.1) is 0 Å². The van der Waals surface area contributed by atoms with E-state index in [1.165, 1.54) is 48.5 Å². The second-order valence-electron chi connectivity index (χ2n) is 11.0. The minimum atomic E-state index is -1.92. The summed E-state index contributed by atoms with van der Waals surface area (Å²) in [5.41, 5.74) is 3.88. The van der Waals surface area contributed by atoms with E-state index in [0.717, 1.165) is 22.8 Å². The molecule has 64 heavy (non-hydrogen) atoms. The molecule has 0 saturated heterocycles. The molecule has 0 bridgehead atoms. The maximum atomic E-state index is 10.8. The van der Waals surface area contributed by atoms with Crippen LogP contribution in [0.3, 0.4) is 0 Å². The summed E-state index contributed by atoms with van der Waals surface area (Å²) in [6.07, 6.45) is 7.07. The number of carboxylic acid groups (broad SMARTS) is 4. The summed E-state index contributed by atoms with van der Waals surface area (Å²) in [6, 6.07) is 33.6. The van der Waals surface area contributed by atoms with Gasteiger partial charge in [-0.1, -0.05) is 36.4 Å². The van der Waals surface area contributed by atoms with Gasteiger partial charge in [0, 0.05) is 47.5 Å². The maximum Gasteiger partial charge on any atom is 2.00 e. The van der Waals surface area contributed by atoms with Crippen LogP contribution in [-0.4, -0.2) is 78.4 Å². The molecule has 0 unspecified atom stereocenters. The van der Waals surface area contributed by atoms with Gasteiger partial charge in [-0.25, -0.2) is 0 Å². The molecule has 4 heterocycles. The van der Waals surface area contributed by atoms with Crippen molar-refractivity contribution in [1.29, 1.82) is 0 Å². The van der Waals surface area contributed by atoms with Crippen molar-refractivity contribution in [1.82, 2.24) is 19.9 Å². The number of carbonyl (C=O) groups is 8. The summed E-state index contributed by atoms with van der Waals surface area (Å²) in [6.45, 7) is 0. The third-order valence-electron chi connectivity index (χ3n) is 6.68. The molecule has 2 aromatic carbocycles. The smallest absolute Gasteiger partial charge is 0.540 e. The molecule has 0 saturated carbocycles. The fourth-order valence-electron chi connectivity index (χ4n) is 4.14. The normalized spacial score (nSPS) is 8.88. The van der Waals surface area contributed by atoms with E-state index in [1.54, 1.807) is 24.8 Å². The van der Waals surface area contributed by atoms with Gasteiger partial charge in [-0.05, 0) is 84.9 Å². The quantitative estimate of drug-likeness (QED) is 0.0941. The van der Waals surface area contributed by atoms with E-state index < -0.39 is 47.5 Å². The van der Waals surface area contributed by atoms with Gasteiger partial charge in [0.2, 0.25) is 0 Å². The molecule has 6 aromatic rings. The first-order chi connectivity index (χ1) is 28.7. The van der Waals surface area contributed by atoms with Crippen LogP contribution >= 0.6 is 0 Å². The van der Waals surface area contributed by atoms with Gasteiger partial charge in [-0.3, -0.25) is 39.1 Å². The first-order valence-electron chi connectivity index (χ1n) is 16.7. The van der Waals surface area contributed by atoms with Gasteiger partial charge >= 0.3 is 34.1 Å². The van der Waals surface area contributed by atoms with Crippen molar-refractivity contribution in [2.75, 3.05) is 21.3 Å². The van der Waals surface area contributed by atoms with Crippen molar-refractivity contribution in [2.24, 2.45) is 0 Å². The molecule has 8 N–H and O–H groups in total. The number of amides is 4. The maximum absolute atomic E-state index is 10.8. The predicted octanol–water partition coefficient (Wildman–Crippen LogP) is -3.24. The number of hydrogen-bond acceptors (Lipinski definition) is 16. The zero-order chi connectivity index (χ0) is 43.9. The van der Waals surface area contributed by atoms with E-state index in [2.05, 4.69) is 19.9 Å². The number of pyridine rings is 4. The van der Waals surface area contributed by atoms with Crippen LogP contribution in [0.1, 0.15) is 0 Å². The number of benzene rings is 2. The van der Waals surface area contributed by atoms with Crippen molar-refractivity contribution in [3.05, 3.63) is 146 Å². The summed E-state index contributed by atoms with van der Waals surface area (Å²) in [7, 11) is 0. The predicted molar refractivity (Wildman–Crippen MR) is 210 cm³/mol. The monoisotopic (exact) mass is 974 g/mol. The van der Waals surface area contributed by atoms with Crippen molar-refractivity contribution in [3.8, 4) is 22.8 Å². The van der Waals surface area contributed by atoms with E-state index in [1.807, 2.05) is 94.1 Å². The fourth-order valence-corrected chi connectivity index (χ4v) is 4.14. The van der Waals surface area contributed by atoms with Crippen LogP contribution in [0.25, 0.3) is 22.8 Å². The second kappa shape index (κ2) is 30.7. The molecule has 0 aliphatic heterocycles. The minimum Gasteiger partial charge on any atom is -0.540 e. The average molecular weight is 976 g/mol. The zero-order valence-corrected chi connectivity index (χ0v) is 34.0. The SMILES string of the molecule is O.O.O=C([O-])C(=O)Nc1cccc(NC(=O)C(=O)[O-])c1.O=C([O-])C(=O)Nc1cccc(NC(=O)C(=O)[O-])c1.[Cu+2].[Cu+2].c1ccc(-c2ccccn2)nc1.c1ccc(-c2ccccn2)nc1. The Labute approximate surface area is 382 Å². The molecule has 0 aliphatic carbocycles. The molecular formula is C40H32Cu2N8O14. The number of aliphatic carboxylic acids is 4. The van der Waals surface area contributed by atoms with Crippen LogP contribution in [0.5, 0.6) is 0 Å². The standard InChI is InChI=1S/2C10H8N2O6.2C10H8N2.2Cu.2H2O/c2*13-7(9(15)16)11-5-2-1-3-6(4-5)12-8(14)10(17)18;2*1-3-7-11-9(5-1)10-6-2-4-8-12-10;;;;/h2*1-4H,(H,11,13)(H,12,14)(H,15,16)(H,17,18);2*1-8H;;;2*1H2/q;;;;2*+2;;/p-4. The Morgan fingerprint density at radius 3 is 0.688 bits per heavy atom. The third-order valence-corrected chi connectivity index (χ3v) is 6.68. The molecule has 4 aromatic heterocycles. The molecule has 4 amide bonds. The van der Waals surface area contributed by atoms with Crippen molar-refractivity contribution in [2.45, 2.75) is 0 Å². The van der Waals surface area contributed by atoms with E-state index in [-0.39, 0.29) is 67.8 Å². The van der Waals surface area contributed by atoms with E-state index in [0.29, 0.717) is 0 Å². The number of nitrogens with one attached hydrogen (secondary N) is 4. The van der Waals surface area contributed by atoms with E-state index in [9.17, 15) is 58.8 Å². The van der Waals surface area contributed by atoms with Crippen molar-refractivity contribution < 1.29 is 104 Å². The fraction of sp³-hybridized carbons (Fsp3) is 0. The van der Waals surface area contributed by atoms with Gasteiger partial charge in [0.05, 0.1) is 22.8 Å². The number of carbonyl (C=O) groups excluding carboxylic acids is 8. The third kappa shape index (κ3) is 21.3. The molecule has 2 radical (unpaired) electrons. The number of hydrogen-bond donors (Lipinski definition) is 4. The average Bonchev–Trinajstić information content (AvgIpc) is 3.25. The summed E-state index contributed by atoms with van der Waals surface area (Å²) in [5.74, 6) is -13.1. The van der Waals surface area contributed by atoms with Gasteiger partial charge in [0.1, 0.15) is 23.9 Å². The molecule has 0 fully saturated rings. The Morgan fingerprint density at radius 2 is 0.531 bits per heavy atom.